The maximum atomic E-state index is 12.3. The van der Waals surface area contributed by atoms with E-state index in [-0.39, 0.29) is 17.9 Å². The molecule has 1 aliphatic rings. The van der Waals surface area contributed by atoms with Gasteiger partial charge in [-0.25, -0.2) is 4.79 Å². The number of esters is 2. The molecule has 0 N–H and O–H groups in total. The summed E-state index contributed by atoms with van der Waals surface area (Å²) < 4.78 is 10.5. The monoisotopic (exact) mass is 307 g/mol. The van der Waals surface area contributed by atoms with Gasteiger partial charge in [0.25, 0.3) is 5.56 Å². The van der Waals surface area contributed by atoms with Crippen LogP contribution in [0.3, 0.4) is 0 Å². The van der Waals surface area contributed by atoms with Crippen LogP contribution in [-0.2, 0) is 19.1 Å². The molecule has 1 aromatic heterocycles. The van der Waals surface area contributed by atoms with E-state index >= 15 is 0 Å². The second-order valence-electron chi connectivity index (χ2n) is 5.03. The Kier molecular flexibility index (Phi) is 4.44. The van der Waals surface area contributed by atoms with Crippen LogP contribution in [-0.4, -0.2) is 36.5 Å². The van der Waals surface area contributed by atoms with Crippen LogP contribution in [0.4, 0.5) is 0 Å². The largest absolute Gasteiger partial charge is 0.469 e. The third kappa shape index (κ3) is 2.54. The molecule has 0 amide bonds. The summed E-state index contributed by atoms with van der Waals surface area (Å²) >= 11 is 0. The van der Waals surface area contributed by atoms with Crippen molar-refractivity contribution in [3.63, 3.8) is 0 Å². The lowest BCUT2D eigenvalue weighted by atomic mass is 9.96. The number of carbonyl (C=O) groups excluding carboxylic acids is 3. The van der Waals surface area contributed by atoms with Gasteiger partial charge in [-0.15, -0.1) is 0 Å². The quantitative estimate of drug-likeness (QED) is 0.765. The summed E-state index contributed by atoms with van der Waals surface area (Å²) in [5.41, 5.74) is 0.0424. The molecule has 0 saturated heterocycles. The molecular weight excluding hydrogens is 290 g/mol. The van der Waals surface area contributed by atoms with Crippen LogP contribution < -0.4 is 5.56 Å². The molecule has 7 heteroatoms. The van der Waals surface area contributed by atoms with Crippen molar-refractivity contribution in [1.82, 2.24) is 4.57 Å². The molecule has 2 atom stereocenters. The fraction of sp³-hybridized carbons (Fsp3) is 0.467. The third-order valence-electron chi connectivity index (χ3n) is 3.84. The Bertz CT molecular complexity index is 690. The number of hydrogen-bond donors (Lipinski definition) is 0. The highest BCUT2D eigenvalue weighted by Crippen LogP contribution is 2.28. The van der Waals surface area contributed by atoms with E-state index in [4.69, 9.17) is 4.74 Å². The number of ether oxygens (including phenoxy) is 2. The summed E-state index contributed by atoms with van der Waals surface area (Å²) in [5.74, 6) is -2.05. The number of aromatic nitrogens is 1. The number of Topliss-reactive ketones (excluding diaryl/α,β-unsaturated/α-hetero) is 1. The van der Waals surface area contributed by atoms with Crippen molar-refractivity contribution in [3.8, 4) is 0 Å². The molecule has 0 aromatic carbocycles. The lowest BCUT2D eigenvalue weighted by Gasteiger charge is -2.15. The van der Waals surface area contributed by atoms with Gasteiger partial charge in [-0.2, -0.15) is 0 Å². The van der Waals surface area contributed by atoms with Crippen molar-refractivity contribution in [2.24, 2.45) is 0 Å². The van der Waals surface area contributed by atoms with Crippen molar-refractivity contribution in [2.45, 2.75) is 31.7 Å². The van der Waals surface area contributed by atoms with Gasteiger partial charge in [0.05, 0.1) is 25.8 Å². The first-order valence-corrected chi connectivity index (χ1v) is 6.89. The van der Waals surface area contributed by atoms with Crippen LogP contribution in [0.15, 0.2) is 16.9 Å². The molecule has 2 heterocycles. The summed E-state index contributed by atoms with van der Waals surface area (Å²) in [6.07, 6.45) is 0.324. The summed E-state index contributed by atoms with van der Waals surface area (Å²) in [4.78, 5) is 47.8. The minimum atomic E-state index is -0.938. The Labute approximate surface area is 126 Å². The summed E-state index contributed by atoms with van der Waals surface area (Å²) in [6, 6.07) is 1.81. The highest BCUT2D eigenvalue weighted by Gasteiger charge is 2.36. The van der Waals surface area contributed by atoms with Gasteiger partial charge < -0.3 is 9.47 Å². The van der Waals surface area contributed by atoms with E-state index in [0.717, 1.165) is 4.57 Å². The molecule has 0 saturated carbocycles. The van der Waals surface area contributed by atoms with Gasteiger partial charge in [-0.1, -0.05) is 6.92 Å². The smallest absolute Gasteiger partial charge is 0.329 e. The molecule has 0 fully saturated rings. The number of pyridine rings is 1. The molecule has 0 aliphatic carbocycles. The van der Waals surface area contributed by atoms with Crippen LogP contribution in [0.2, 0.25) is 0 Å². The Morgan fingerprint density at radius 2 is 1.95 bits per heavy atom. The van der Waals surface area contributed by atoms with Gasteiger partial charge >= 0.3 is 11.9 Å². The van der Waals surface area contributed by atoms with E-state index in [1.807, 2.05) is 0 Å². The zero-order valence-electron chi connectivity index (χ0n) is 12.6. The van der Waals surface area contributed by atoms with Crippen molar-refractivity contribution >= 4 is 17.7 Å². The second-order valence-corrected chi connectivity index (χ2v) is 5.03. The maximum absolute atomic E-state index is 12.3. The van der Waals surface area contributed by atoms with Gasteiger partial charge in [0.15, 0.2) is 5.78 Å². The number of methoxy groups -OCH3 is 2. The first-order chi connectivity index (χ1) is 10.4. The van der Waals surface area contributed by atoms with Gasteiger partial charge in [0, 0.05) is 12.5 Å². The van der Waals surface area contributed by atoms with Gasteiger partial charge in [0.2, 0.25) is 0 Å². The molecular formula is C15H17NO6. The molecule has 0 spiro atoms. The van der Waals surface area contributed by atoms with Crippen molar-refractivity contribution in [3.05, 3.63) is 33.7 Å². The topological polar surface area (TPSA) is 91.7 Å². The van der Waals surface area contributed by atoms with Crippen molar-refractivity contribution in [2.75, 3.05) is 14.2 Å². The third-order valence-corrected chi connectivity index (χ3v) is 3.84. The van der Waals surface area contributed by atoms with Gasteiger partial charge in [-0.3, -0.25) is 19.0 Å². The maximum Gasteiger partial charge on any atom is 0.329 e. The summed E-state index contributed by atoms with van der Waals surface area (Å²) in [7, 11) is 2.47. The molecule has 1 aromatic rings. The molecule has 2 unspecified atom stereocenters. The molecule has 118 valence electrons. The molecule has 1 aliphatic heterocycles. The zero-order valence-corrected chi connectivity index (χ0v) is 12.6. The highest BCUT2D eigenvalue weighted by molar-refractivity contribution is 6.00. The minimum Gasteiger partial charge on any atom is -0.469 e. The van der Waals surface area contributed by atoms with Gasteiger partial charge in [0.1, 0.15) is 6.04 Å². The number of rotatable bonds is 4. The predicted molar refractivity (Wildman–Crippen MR) is 75.8 cm³/mol. The number of nitrogens with zero attached hydrogens (tertiary/aromatic N) is 1. The van der Waals surface area contributed by atoms with E-state index < -0.39 is 29.5 Å². The fourth-order valence-corrected chi connectivity index (χ4v) is 2.71. The SMILES string of the molecule is CCC(C(=O)OC)c1cc2n(c(=O)c1)C(C(=O)OC)CC2=O. The second kappa shape index (κ2) is 6.13. The van der Waals surface area contributed by atoms with Crippen LogP contribution in [0.25, 0.3) is 0 Å². The van der Waals surface area contributed by atoms with Crippen LogP contribution in [0.5, 0.6) is 0 Å². The highest BCUT2D eigenvalue weighted by atomic mass is 16.5. The predicted octanol–water partition coefficient (Wildman–Crippen LogP) is 0.815. The van der Waals surface area contributed by atoms with Crippen molar-refractivity contribution in [1.29, 1.82) is 0 Å². The normalized spacial score (nSPS) is 17.8. The first kappa shape index (κ1) is 15.9. The Hall–Kier alpha value is -2.44. The minimum absolute atomic E-state index is 0.111. The average molecular weight is 307 g/mol. The van der Waals surface area contributed by atoms with E-state index in [0.29, 0.717) is 12.0 Å². The Balaban J connectivity index is 2.54. The van der Waals surface area contributed by atoms with Crippen LogP contribution in [0, 0.1) is 0 Å². The van der Waals surface area contributed by atoms with E-state index in [1.165, 1.54) is 26.4 Å². The summed E-state index contributed by atoms with van der Waals surface area (Å²) in [6.45, 7) is 1.78. The number of ketones is 1. The fourth-order valence-electron chi connectivity index (χ4n) is 2.71. The first-order valence-electron chi connectivity index (χ1n) is 6.89. The molecule has 22 heavy (non-hydrogen) atoms. The van der Waals surface area contributed by atoms with Crippen molar-refractivity contribution < 1.29 is 23.9 Å². The Morgan fingerprint density at radius 1 is 1.27 bits per heavy atom. The van der Waals surface area contributed by atoms with Crippen LogP contribution in [0.1, 0.15) is 47.8 Å². The number of hydrogen-bond acceptors (Lipinski definition) is 6. The van der Waals surface area contributed by atoms with E-state index in [2.05, 4.69) is 4.74 Å². The number of carbonyl (C=O) groups is 3. The van der Waals surface area contributed by atoms with Crippen LogP contribution >= 0.6 is 0 Å². The van der Waals surface area contributed by atoms with Gasteiger partial charge in [-0.05, 0) is 18.1 Å². The lowest BCUT2D eigenvalue weighted by Crippen LogP contribution is -2.29. The zero-order chi connectivity index (χ0) is 16.4. The van der Waals surface area contributed by atoms with E-state index in [1.54, 1.807) is 6.92 Å². The standard InChI is InChI=1S/C15H17NO6/c1-4-9(14(19)21-2)8-5-10-12(17)7-11(15(20)22-3)16(10)13(18)6-8/h5-6,9,11H,4,7H2,1-3H3. The molecule has 0 radical (unpaired) electrons. The molecule has 0 bridgehead atoms. The average Bonchev–Trinajstić information content (AvgIpc) is 2.85. The lowest BCUT2D eigenvalue weighted by molar-refractivity contribution is -0.144. The summed E-state index contributed by atoms with van der Waals surface area (Å²) in [5, 5.41) is 0. The Morgan fingerprint density at radius 3 is 2.50 bits per heavy atom. The number of fused-ring (bicyclic) bond motifs is 1. The van der Waals surface area contributed by atoms with E-state index in [9.17, 15) is 19.2 Å². The molecule has 7 nitrogen and oxygen atoms in total. The molecule has 2 rings (SSSR count).